The molecule has 2 rings (SSSR count). The van der Waals surface area contributed by atoms with Gasteiger partial charge in [0, 0.05) is 22.5 Å². The lowest BCUT2D eigenvalue weighted by Crippen LogP contribution is -2.33. The molecule has 0 aliphatic rings. The lowest BCUT2D eigenvalue weighted by atomic mass is 10.2. The first-order valence-corrected chi connectivity index (χ1v) is 9.63. The molecule has 0 aromatic heterocycles. The van der Waals surface area contributed by atoms with Gasteiger partial charge in [0.1, 0.15) is 0 Å². The smallest absolute Gasteiger partial charge is 0.246 e. The topological polar surface area (TPSA) is 49.4 Å². The van der Waals surface area contributed by atoms with Crippen LogP contribution < -0.4 is 5.32 Å². The fraction of sp³-hybridized carbons (Fsp3) is 0.158. The Bertz CT molecular complexity index is 792. The summed E-state index contributed by atoms with van der Waals surface area (Å²) >= 11 is 4.99. The Hall–Kier alpha value is -2.05. The molecule has 0 radical (unpaired) electrons. The number of nitrogens with zero attached hydrogens (tertiary/aromatic N) is 1. The number of amides is 2. The van der Waals surface area contributed by atoms with E-state index in [0.29, 0.717) is 0 Å². The molecular formula is C19H19BrN2O2S. The molecule has 0 aliphatic heterocycles. The monoisotopic (exact) mass is 418 g/mol. The molecule has 0 heterocycles. The largest absolute Gasteiger partial charge is 0.333 e. The molecule has 4 nitrogen and oxygen atoms in total. The van der Waals surface area contributed by atoms with Crippen LogP contribution in [0.3, 0.4) is 0 Å². The van der Waals surface area contributed by atoms with E-state index in [2.05, 4.69) is 21.2 Å². The molecule has 1 N–H and O–H groups in total. The maximum atomic E-state index is 12.2. The van der Waals surface area contributed by atoms with Crippen molar-refractivity contribution in [2.24, 2.45) is 0 Å². The van der Waals surface area contributed by atoms with Crippen molar-refractivity contribution < 1.29 is 9.59 Å². The van der Waals surface area contributed by atoms with E-state index in [-0.39, 0.29) is 18.4 Å². The second-order valence-corrected chi connectivity index (χ2v) is 7.00. The highest BCUT2D eigenvalue weighted by Gasteiger charge is 2.12. The van der Waals surface area contributed by atoms with Gasteiger partial charge in [0.05, 0.1) is 12.2 Å². The maximum Gasteiger partial charge on any atom is 0.246 e. The van der Waals surface area contributed by atoms with Crippen molar-refractivity contribution in [3.8, 4) is 0 Å². The van der Waals surface area contributed by atoms with Crippen LogP contribution >= 0.6 is 27.7 Å². The van der Waals surface area contributed by atoms with E-state index < -0.39 is 0 Å². The van der Waals surface area contributed by atoms with Crippen molar-refractivity contribution >= 4 is 51.3 Å². The van der Waals surface area contributed by atoms with Crippen LogP contribution in [0.2, 0.25) is 0 Å². The maximum absolute atomic E-state index is 12.2. The van der Waals surface area contributed by atoms with Gasteiger partial charge in [-0.2, -0.15) is 0 Å². The Kier molecular flexibility index (Phi) is 7.28. The van der Waals surface area contributed by atoms with Crippen LogP contribution in [0.15, 0.2) is 64.0 Å². The zero-order valence-electron chi connectivity index (χ0n) is 14.0. The van der Waals surface area contributed by atoms with Gasteiger partial charge in [-0.15, -0.1) is 11.8 Å². The molecule has 2 aromatic carbocycles. The van der Waals surface area contributed by atoms with Gasteiger partial charge in [-0.1, -0.05) is 46.3 Å². The van der Waals surface area contributed by atoms with E-state index in [9.17, 15) is 9.59 Å². The van der Waals surface area contributed by atoms with E-state index in [0.717, 1.165) is 20.6 Å². The van der Waals surface area contributed by atoms with Crippen molar-refractivity contribution in [2.75, 3.05) is 25.2 Å². The fourth-order valence-corrected chi connectivity index (χ4v) is 3.10. The van der Waals surface area contributed by atoms with Gasteiger partial charge in [-0.25, -0.2) is 0 Å². The molecule has 0 saturated carbocycles. The summed E-state index contributed by atoms with van der Waals surface area (Å²) in [6.45, 7) is -0.0121. The second-order valence-electron chi connectivity index (χ2n) is 5.30. The number of benzene rings is 2. The first-order valence-electron chi connectivity index (χ1n) is 7.62. The average molecular weight is 419 g/mol. The quantitative estimate of drug-likeness (QED) is 0.562. The third-order valence-corrected chi connectivity index (χ3v) is 4.97. The number of carbonyl (C=O) groups excluding carboxylic acids is 2. The lowest BCUT2D eigenvalue weighted by Gasteiger charge is -2.16. The molecular weight excluding hydrogens is 400 g/mol. The van der Waals surface area contributed by atoms with Gasteiger partial charge < -0.3 is 10.2 Å². The molecule has 2 aromatic rings. The Morgan fingerprint density at radius 2 is 1.84 bits per heavy atom. The number of nitrogens with one attached hydrogen (secondary N) is 1. The molecule has 0 aliphatic carbocycles. The first-order chi connectivity index (χ1) is 12.0. The van der Waals surface area contributed by atoms with Gasteiger partial charge in [0.25, 0.3) is 0 Å². The fourth-order valence-electron chi connectivity index (χ4n) is 2.13. The number of para-hydroxylation sites is 1. The summed E-state index contributed by atoms with van der Waals surface area (Å²) in [6, 6.07) is 15.2. The third kappa shape index (κ3) is 5.76. The van der Waals surface area contributed by atoms with Crippen molar-refractivity contribution in [2.45, 2.75) is 4.90 Å². The highest BCUT2D eigenvalue weighted by molar-refractivity contribution is 9.10. The average Bonchev–Trinajstić information content (AvgIpc) is 2.61. The Morgan fingerprint density at radius 3 is 2.56 bits per heavy atom. The number of likely N-dealkylation sites (N-methyl/N-ethyl adjacent to an activating group) is 1. The highest BCUT2D eigenvalue weighted by Crippen LogP contribution is 2.24. The minimum Gasteiger partial charge on any atom is -0.333 e. The molecule has 0 fully saturated rings. The molecule has 0 bridgehead atoms. The van der Waals surface area contributed by atoms with Crippen LogP contribution in [0, 0.1) is 0 Å². The Labute approximate surface area is 160 Å². The first kappa shape index (κ1) is 19.3. The summed E-state index contributed by atoms with van der Waals surface area (Å²) in [4.78, 5) is 26.7. The SMILES string of the molecule is CSc1ccccc1NC(=O)CN(C)C(=O)C=Cc1ccccc1Br. The molecule has 25 heavy (non-hydrogen) atoms. The lowest BCUT2D eigenvalue weighted by molar-refractivity contribution is -0.129. The number of hydrogen-bond donors (Lipinski definition) is 1. The molecule has 0 spiro atoms. The van der Waals surface area contributed by atoms with Crippen LogP contribution in [0.25, 0.3) is 6.08 Å². The molecule has 2 amide bonds. The number of anilines is 1. The Balaban J connectivity index is 1.94. The van der Waals surface area contributed by atoms with Gasteiger partial charge in [-0.05, 0) is 36.1 Å². The van der Waals surface area contributed by atoms with Crippen LogP contribution in [0.1, 0.15) is 5.56 Å². The number of halogens is 1. The van der Waals surface area contributed by atoms with E-state index >= 15 is 0 Å². The van der Waals surface area contributed by atoms with Gasteiger partial charge in [0.2, 0.25) is 11.8 Å². The number of hydrogen-bond acceptors (Lipinski definition) is 3. The standard InChI is InChI=1S/C19H19BrN2O2S/c1-22(19(24)12-11-14-7-3-4-8-15(14)20)13-18(23)21-16-9-5-6-10-17(16)25-2/h3-12H,13H2,1-2H3,(H,21,23). The minimum atomic E-state index is -0.232. The van der Waals surface area contributed by atoms with Crippen molar-refractivity contribution in [3.63, 3.8) is 0 Å². The summed E-state index contributed by atoms with van der Waals surface area (Å²) < 4.78 is 0.910. The van der Waals surface area contributed by atoms with Gasteiger partial charge in [0.15, 0.2) is 0 Å². The van der Waals surface area contributed by atoms with E-state index in [4.69, 9.17) is 0 Å². The minimum absolute atomic E-state index is 0.0121. The molecule has 130 valence electrons. The summed E-state index contributed by atoms with van der Waals surface area (Å²) in [5.74, 6) is -0.462. The zero-order chi connectivity index (χ0) is 18.2. The predicted molar refractivity (Wildman–Crippen MR) is 108 cm³/mol. The van der Waals surface area contributed by atoms with Crippen LogP contribution in [0.5, 0.6) is 0 Å². The van der Waals surface area contributed by atoms with E-state index in [1.165, 1.54) is 11.0 Å². The normalized spacial score (nSPS) is 10.7. The summed E-state index contributed by atoms with van der Waals surface area (Å²) in [5, 5.41) is 2.84. The van der Waals surface area contributed by atoms with E-state index in [1.807, 2.05) is 54.8 Å². The zero-order valence-corrected chi connectivity index (χ0v) is 16.4. The molecule has 6 heteroatoms. The van der Waals surface area contributed by atoms with Crippen molar-refractivity contribution in [1.82, 2.24) is 4.90 Å². The molecule has 0 unspecified atom stereocenters. The third-order valence-electron chi connectivity index (χ3n) is 3.45. The number of carbonyl (C=O) groups is 2. The predicted octanol–water partition coefficient (Wildman–Crippen LogP) is 4.28. The highest BCUT2D eigenvalue weighted by atomic mass is 79.9. The molecule has 0 saturated heterocycles. The van der Waals surface area contributed by atoms with E-state index in [1.54, 1.807) is 24.9 Å². The summed E-state index contributed by atoms with van der Waals surface area (Å²) in [5.41, 5.74) is 1.66. The van der Waals surface area contributed by atoms with Crippen LogP contribution in [-0.2, 0) is 9.59 Å². The van der Waals surface area contributed by atoms with Gasteiger partial charge >= 0.3 is 0 Å². The second kappa shape index (κ2) is 9.44. The van der Waals surface area contributed by atoms with Crippen molar-refractivity contribution in [3.05, 3.63) is 64.6 Å². The Morgan fingerprint density at radius 1 is 1.16 bits per heavy atom. The number of thioether (sulfide) groups is 1. The summed E-state index contributed by atoms with van der Waals surface area (Å²) in [6.07, 6.45) is 5.14. The summed E-state index contributed by atoms with van der Waals surface area (Å²) in [7, 11) is 1.60. The molecule has 0 atom stereocenters. The van der Waals surface area contributed by atoms with Crippen LogP contribution in [-0.4, -0.2) is 36.6 Å². The van der Waals surface area contributed by atoms with Crippen LogP contribution in [0.4, 0.5) is 5.69 Å². The number of rotatable bonds is 6. The van der Waals surface area contributed by atoms with Crippen molar-refractivity contribution in [1.29, 1.82) is 0 Å². The van der Waals surface area contributed by atoms with Gasteiger partial charge in [-0.3, -0.25) is 9.59 Å².